The maximum Gasteiger partial charge on any atom is 0.260 e. The molecule has 1 aliphatic rings. The summed E-state index contributed by atoms with van der Waals surface area (Å²) in [5.41, 5.74) is 0.519. The van der Waals surface area contributed by atoms with Crippen molar-refractivity contribution in [2.24, 2.45) is 0 Å². The van der Waals surface area contributed by atoms with E-state index in [2.05, 4.69) is 0 Å². The molecule has 3 nitrogen and oxygen atoms in total. The van der Waals surface area contributed by atoms with Crippen molar-refractivity contribution in [3.63, 3.8) is 0 Å². The van der Waals surface area contributed by atoms with E-state index in [1.165, 1.54) is 6.07 Å². The molecule has 0 radical (unpaired) electrons. The Bertz CT molecular complexity index is 429. The van der Waals surface area contributed by atoms with E-state index in [4.69, 9.17) is 4.74 Å². The third-order valence-electron chi connectivity index (χ3n) is 3.00. The molecule has 1 aromatic rings. The van der Waals surface area contributed by atoms with Gasteiger partial charge in [0.1, 0.15) is 0 Å². The van der Waals surface area contributed by atoms with Gasteiger partial charge >= 0.3 is 0 Å². The molecular formula is C13H16FNO2. The summed E-state index contributed by atoms with van der Waals surface area (Å²) in [5.74, 6) is -0.356. The molecule has 1 aromatic carbocycles. The van der Waals surface area contributed by atoms with Crippen LogP contribution in [0.15, 0.2) is 18.2 Å². The van der Waals surface area contributed by atoms with Gasteiger partial charge in [-0.3, -0.25) is 4.79 Å². The quantitative estimate of drug-likeness (QED) is 0.803. The SMILES string of the molecule is Cc1cccc(OCC(=O)N(C)C2CC2)c1F. The minimum atomic E-state index is -0.394. The minimum absolute atomic E-state index is 0.103. The van der Waals surface area contributed by atoms with Crippen LogP contribution in [0.3, 0.4) is 0 Å². The molecule has 1 amide bonds. The fourth-order valence-corrected chi connectivity index (χ4v) is 1.64. The number of carbonyl (C=O) groups is 1. The van der Waals surface area contributed by atoms with Crippen molar-refractivity contribution >= 4 is 5.91 Å². The molecule has 1 fully saturated rings. The highest BCUT2D eigenvalue weighted by Crippen LogP contribution is 2.25. The predicted octanol–water partition coefficient (Wildman–Crippen LogP) is 2.13. The lowest BCUT2D eigenvalue weighted by Gasteiger charge is -2.16. The first-order valence-corrected chi connectivity index (χ1v) is 5.73. The lowest BCUT2D eigenvalue weighted by molar-refractivity contribution is -0.132. The van der Waals surface area contributed by atoms with Gasteiger partial charge in [0.25, 0.3) is 5.91 Å². The van der Waals surface area contributed by atoms with E-state index in [0.29, 0.717) is 11.6 Å². The van der Waals surface area contributed by atoms with Crippen LogP contribution in [0.4, 0.5) is 4.39 Å². The van der Waals surface area contributed by atoms with E-state index in [0.717, 1.165) is 12.8 Å². The summed E-state index contributed by atoms with van der Waals surface area (Å²) in [7, 11) is 1.76. The van der Waals surface area contributed by atoms with Gasteiger partial charge in [-0.15, -0.1) is 0 Å². The Labute approximate surface area is 100 Å². The van der Waals surface area contributed by atoms with Gasteiger partial charge in [0.2, 0.25) is 0 Å². The van der Waals surface area contributed by atoms with Gasteiger partial charge < -0.3 is 9.64 Å². The second-order valence-electron chi connectivity index (χ2n) is 4.41. The Hall–Kier alpha value is -1.58. The number of ether oxygens (including phenoxy) is 1. The second kappa shape index (κ2) is 4.73. The Balaban J connectivity index is 1.93. The summed E-state index contributed by atoms with van der Waals surface area (Å²) in [6.45, 7) is 1.56. The van der Waals surface area contributed by atoms with Gasteiger partial charge in [-0.2, -0.15) is 0 Å². The third kappa shape index (κ3) is 2.75. The summed E-state index contributed by atoms with van der Waals surface area (Å²) < 4.78 is 18.8. The lowest BCUT2D eigenvalue weighted by Crippen LogP contribution is -2.33. The molecule has 0 spiro atoms. The normalized spacial score (nSPS) is 14.5. The van der Waals surface area contributed by atoms with E-state index in [9.17, 15) is 9.18 Å². The highest BCUT2D eigenvalue weighted by Gasteiger charge is 2.29. The Morgan fingerprint density at radius 3 is 2.88 bits per heavy atom. The van der Waals surface area contributed by atoms with Crippen LogP contribution in [0, 0.1) is 12.7 Å². The van der Waals surface area contributed by atoms with Crippen molar-refractivity contribution in [3.05, 3.63) is 29.6 Å². The van der Waals surface area contributed by atoms with Crippen molar-refractivity contribution < 1.29 is 13.9 Å². The minimum Gasteiger partial charge on any atom is -0.481 e. The van der Waals surface area contributed by atoms with Gasteiger partial charge in [-0.1, -0.05) is 12.1 Å². The number of rotatable bonds is 4. The van der Waals surface area contributed by atoms with Gasteiger partial charge in [-0.25, -0.2) is 4.39 Å². The molecule has 1 aliphatic carbocycles. The molecule has 0 bridgehead atoms. The summed E-state index contributed by atoms with van der Waals surface area (Å²) in [6.07, 6.45) is 2.11. The standard InChI is InChI=1S/C13H16FNO2/c1-9-4-3-5-11(13(9)14)17-8-12(16)15(2)10-6-7-10/h3-5,10H,6-8H2,1-2H3. The fourth-order valence-electron chi connectivity index (χ4n) is 1.64. The van der Waals surface area contributed by atoms with Crippen LogP contribution in [0.5, 0.6) is 5.75 Å². The van der Waals surface area contributed by atoms with Gasteiger partial charge in [-0.05, 0) is 31.4 Å². The number of likely N-dealkylation sites (N-methyl/N-ethyl adjacent to an activating group) is 1. The van der Waals surface area contributed by atoms with Crippen LogP contribution < -0.4 is 4.74 Å². The first-order chi connectivity index (χ1) is 8.09. The van der Waals surface area contributed by atoms with Crippen LogP contribution in [-0.2, 0) is 4.79 Å². The molecule has 4 heteroatoms. The Morgan fingerprint density at radius 2 is 2.24 bits per heavy atom. The molecular weight excluding hydrogens is 221 g/mol. The van der Waals surface area contributed by atoms with Crippen LogP contribution in [0.2, 0.25) is 0 Å². The van der Waals surface area contributed by atoms with Crippen molar-refractivity contribution in [3.8, 4) is 5.75 Å². The molecule has 0 atom stereocenters. The molecule has 0 aromatic heterocycles. The number of amides is 1. The number of halogens is 1. The number of hydrogen-bond acceptors (Lipinski definition) is 2. The molecule has 92 valence electrons. The molecule has 0 saturated heterocycles. The van der Waals surface area contributed by atoms with Crippen molar-refractivity contribution in [2.45, 2.75) is 25.8 Å². The monoisotopic (exact) mass is 237 g/mol. The van der Waals surface area contributed by atoms with Crippen molar-refractivity contribution in [1.82, 2.24) is 4.90 Å². The summed E-state index contributed by atoms with van der Waals surface area (Å²) in [6, 6.07) is 5.27. The average molecular weight is 237 g/mol. The summed E-state index contributed by atoms with van der Waals surface area (Å²) in [4.78, 5) is 13.3. The summed E-state index contributed by atoms with van der Waals surface area (Å²) in [5, 5.41) is 0. The number of carbonyl (C=O) groups excluding carboxylic acids is 1. The fraction of sp³-hybridized carbons (Fsp3) is 0.462. The Morgan fingerprint density at radius 1 is 1.53 bits per heavy atom. The van der Waals surface area contributed by atoms with Crippen LogP contribution in [0.25, 0.3) is 0 Å². The molecule has 1 saturated carbocycles. The maximum atomic E-state index is 13.6. The third-order valence-corrected chi connectivity index (χ3v) is 3.00. The second-order valence-corrected chi connectivity index (χ2v) is 4.41. The first kappa shape index (κ1) is 11.9. The van der Waals surface area contributed by atoms with Crippen LogP contribution in [0.1, 0.15) is 18.4 Å². The lowest BCUT2D eigenvalue weighted by atomic mass is 10.2. The molecule has 0 aliphatic heterocycles. The molecule has 2 rings (SSSR count). The van der Waals surface area contributed by atoms with Gasteiger partial charge in [0.15, 0.2) is 18.2 Å². The molecule has 0 heterocycles. The number of hydrogen-bond donors (Lipinski definition) is 0. The smallest absolute Gasteiger partial charge is 0.260 e. The molecule has 0 unspecified atom stereocenters. The zero-order valence-corrected chi connectivity index (χ0v) is 10.1. The highest BCUT2D eigenvalue weighted by molar-refractivity contribution is 5.78. The number of nitrogens with zero attached hydrogens (tertiary/aromatic N) is 1. The topological polar surface area (TPSA) is 29.5 Å². The van der Waals surface area contributed by atoms with E-state index in [1.807, 2.05) is 0 Å². The van der Waals surface area contributed by atoms with E-state index in [1.54, 1.807) is 31.0 Å². The van der Waals surface area contributed by atoms with Gasteiger partial charge in [0, 0.05) is 13.1 Å². The zero-order chi connectivity index (χ0) is 12.4. The van der Waals surface area contributed by atoms with E-state index >= 15 is 0 Å². The number of benzene rings is 1. The van der Waals surface area contributed by atoms with Crippen LogP contribution in [-0.4, -0.2) is 30.5 Å². The average Bonchev–Trinajstić information content (AvgIpc) is 3.13. The highest BCUT2D eigenvalue weighted by atomic mass is 19.1. The first-order valence-electron chi connectivity index (χ1n) is 5.73. The van der Waals surface area contributed by atoms with E-state index < -0.39 is 5.82 Å². The zero-order valence-electron chi connectivity index (χ0n) is 10.1. The largest absolute Gasteiger partial charge is 0.481 e. The van der Waals surface area contributed by atoms with Crippen molar-refractivity contribution in [1.29, 1.82) is 0 Å². The summed E-state index contributed by atoms with van der Waals surface area (Å²) >= 11 is 0. The van der Waals surface area contributed by atoms with E-state index in [-0.39, 0.29) is 18.3 Å². The number of aryl methyl sites for hydroxylation is 1. The molecule has 17 heavy (non-hydrogen) atoms. The van der Waals surface area contributed by atoms with Crippen molar-refractivity contribution in [2.75, 3.05) is 13.7 Å². The maximum absolute atomic E-state index is 13.6. The van der Waals surface area contributed by atoms with Crippen LogP contribution >= 0.6 is 0 Å². The Kier molecular flexibility index (Phi) is 3.31. The predicted molar refractivity (Wildman–Crippen MR) is 62.4 cm³/mol. The molecule has 0 N–H and O–H groups in total. The van der Waals surface area contributed by atoms with Gasteiger partial charge in [0.05, 0.1) is 0 Å².